The second-order valence-electron chi connectivity index (χ2n) is 7.62. The van der Waals surface area contributed by atoms with Crippen LogP contribution in [0.5, 0.6) is 0 Å². The van der Waals surface area contributed by atoms with E-state index in [1.807, 2.05) is 6.92 Å². The average Bonchev–Trinajstić information content (AvgIpc) is 3.12. The third-order valence-corrected chi connectivity index (χ3v) is 6.32. The number of thiophene rings is 1. The van der Waals surface area contributed by atoms with Crippen molar-refractivity contribution in [2.45, 2.75) is 70.4 Å². The van der Waals surface area contributed by atoms with E-state index in [0.717, 1.165) is 11.3 Å². The molecule has 1 aliphatic rings. The van der Waals surface area contributed by atoms with E-state index in [0.29, 0.717) is 17.9 Å². The Morgan fingerprint density at radius 2 is 1.88 bits per heavy atom. The number of hydrogen-bond acceptors (Lipinski definition) is 3. The second-order valence-corrected chi connectivity index (χ2v) is 8.53. The van der Waals surface area contributed by atoms with Crippen LogP contribution in [-0.2, 0) is 0 Å². The molecule has 3 atom stereocenters. The Labute approximate surface area is 167 Å². The zero-order valence-corrected chi connectivity index (χ0v) is 17.5. The number of nitrogens with one attached hydrogen (secondary N) is 1. The molecule has 142 valence electrons. The largest absolute Gasteiger partial charge is 0.305 e. The molecule has 0 radical (unpaired) electrons. The molecule has 1 N–H and O–H groups in total. The molecule has 0 saturated heterocycles. The molecule has 0 amide bonds. The van der Waals surface area contributed by atoms with Crippen LogP contribution in [0.2, 0.25) is 0 Å². The van der Waals surface area contributed by atoms with Gasteiger partial charge in [0.2, 0.25) is 0 Å². The van der Waals surface area contributed by atoms with Gasteiger partial charge in [0, 0.05) is 6.04 Å². The summed E-state index contributed by atoms with van der Waals surface area (Å²) in [6, 6.07) is 13.2. The van der Waals surface area contributed by atoms with Gasteiger partial charge in [0.1, 0.15) is 0 Å². The highest BCUT2D eigenvalue weighted by Crippen LogP contribution is 2.33. The van der Waals surface area contributed by atoms with Crippen molar-refractivity contribution in [3.63, 3.8) is 0 Å². The number of carbonyl (C=O) groups is 1. The number of carbonyl (C=O) groups excluding carboxylic acids is 1. The second kappa shape index (κ2) is 9.68. The van der Waals surface area contributed by atoms with Crippen molar-refractivity contribution in [3.05, 3.63) is 57.8 Å². The number of ketones is 1. The van der Waals surface area contributed by atoms with Gasteiger partial charge in [-0.25, -0.2) is 0 Å². The van der Waals surface area contributed by atoms with E-state index in [4.69, 9.17) is 0 Å². The first-order chi connectivity index (χ1) is 12.0. The lowest BCUT2D eigenvalue weighted by Crippen LogP contribution is -2.43. The van der Waals surface area contributed by atoms with Gasteiger partial charge in [-0.3, -0.25) is 4.79 Å². The van der Waals surface area contributed by atoms with Crippen LogP contribution in [0.1, 0.15) is 79.1 Å². The maximum Gasteiger partial charge on any atom is 0.189 e. The first-order valence-electron chi connectivity index (χ1n) is 9.48. The van der Waals surface area contributed by atoms with E-state index in [2.05, 4.69) is 60.9 Å². The van der Waals surface area contributed by atoms with Crippen molar-refractivity contribution in [3.8, 4) is 0 Å². The van der Waals surface area contributed by atoms with Crippen LogP contribution in [0.25, 0.3) is 0 Å². The summed E-state index contributed by atoms with van der Waals surface area (Å²) >= 11 is 1.58. The minimum atomic E-state index is -0.113. The topological polar surface area (TPSA) is 29.1 Å². The monoisotopic (exact) mass is 391 g/mol. The smallest absolute Gasteiger partial charge is 0.189 e. The van der Waals surface area contributed by atoms with Crippen molar-refractivity contribution in [1.82, 2.24) is 5.32 Å². The van der Waals surface area contributed by atoms with Gasteiger partial charge in [-0.15, -0.1) is 23.7 Å². The molecule has 1 saturated carbocycles. The van der Waals surface area contributed by atoms with Crippen molar-refractivity contribution < 1.29 is 4.79 Å². The van der Waals surface area contributed by atoms with Gasteiger partial charge >= 0.3 is 0 Å². The average molecular weight is 392 g/mol. The van der Waals surface area contributed by atoms with E-state index in [-0.39, 0.29) is 24.2 Å². The Hall–Kier alpha value is -1.16. The molecule has 0 spiro atoms. The molecular formula is C22H30ClNOS. The molecule has 3 rings (SSSR count). The van der Waals surface area contributed by atoms with Gasteiger partial charge in [-0.2, -0.15) is 0 Å². The fourth-order valence-corrected chi connectivity index (χ4v) is 4.89. The molecular weight excluding hydrogens is 362 g/mol. The maximum absolute atomic E-state index is 12.8. The highest BCUT2D eigenvalue weighted by Gasteiger charge is 2.26. The molecule has 1 aliphatic carbocycles. The van der Waals surface area contributed by atoms with Crippen molar-refractivity contribution >= 4 is 29.5 Å². The van der Waals surface area contributed by atoms with Gasteiger partial charge in [0.15, 0.2) is 5.78 Å². The molecule has 4 heteroatoms. The maximum atomic E-state index is 12.8. The normalized spacial score (nSPS) is 21.2. The standard InChI is InChI=1S/C22H29NOS.ClH/c1-15(2)19-13-21(25-14-19)22(24)16(3)23-20-11-7-10-18(12-20)17-8-5-4-6-9-17;/h4-6,8-9,13-16,18,20,23H,7,10-12H2,1-3H3;1H/t16?,18-,20+;/m1./s1. The minimum absolute atomic E-state index is 0. The predicted molar refractivity (Wildman–Crippen MR) is 114 cm³/mol. The predicted octanol–water partition coefficient (Wildman–Crippen LogP) is 6.18. The van der Waals surface area contributed by atoms with Crippen molar-refractivity contribution in [2.24, 2.45) is 0 Å². The van der Waals surface area contributed by atoms with E-state index in [1.165, 1.54) is 30.4 Å². The summed E-state index contributed by atoms with van der Waals surface area (Å²) in [7, 11) is 0. The number of rotatable bonds is 6. The molecule has 2 aromatic rings. The molecule has 1 unspecified atom stereocenters. The molecule has 0 bridgehead atoms. The number of halogens is 1. The summed E-state index contributed by atoms with van der Waals surface area (Å²) in [6.07, 6.45) is 4.79. The fraction of sp³-hybridized carbons (Fsp3) is 0.500. The van der Waals surface area contributed by atoms with Crippen LogP contribution in [0.3, 0.4) is 0 Å². The van der Waals surface area contributed by atoms with Crippen LogP contribution in [0.4, 0.5) is 0 Å². The van der Waals surface area contributed by atoms with Gasteiger partial charge in [-0.05, 0) is 60.6 Å². The fourth-order valence-electron chi connectivity index (χ4n) is 3.79. The first kappa shape index (κ1) is 21.1. The Morgan fingerprint density at radius 1 is 1.15 bits per heavy atom. The van der Waals surface area contributed by atoms with E-state index in [9.17, 15) is 4.79 Å². The lowest BCUT2D eigenvalue weighted by atomic mass is 9.81. The third kappa shape index (κ3) is 5.18. The summed E-state index contributed by atoms with van der Waals surface area (Å²) < 4.78 is 0. The van der Waals surface area contributed by atoms with Crippen LogP contribution >= 0.6 is 23.7 Å². The summed E-state index contributed by atoms with van der Waals surface area (Å²) in [5, 5.41) is 5.73. The van der Waals surface area contributed by atoms with Gasteiger partial charge in [0.05, 0.1) is 10.9 Å². The minimum Gasteiger partial charge on any atom is -0.305 e. The summed E-state index contributed by atoms with van der Waals surface area (Å²) in [5.74, 6) is 1.33. The van der Waals surface area contributed by atoms with Gasteiger partial charge in [-0.1, -0.05) is 50.6 Å². The SMILES string of the molecule is CC(N[C@H]1CCC[C@@H](c2ccccc2)C1)C(=O)c1cc(C(C)C)cs1.Cl. The zero-order valence-electron chi connectivity index (χ0n) is 15.9. The van der Waals surface area contributed by atoms with Gasteiger partial charge < -0.3 is 5.32 Å². The summed E-state index contributed by atoms with van der Waals surface area (Å²) in [5.41, 5.74) is 2.70. The Bertz CT molecular complexity index is 697. The first-order valence-corrected chi connectivity index (χ1v) is 10.4. The molecule has 0 aliphatic heterocycles. The molecule has 26 heavy (non-hydrogen) atoms. The lowest BCUT2D eigenvalue weighted by molar-refractivity contribution is 0.0943. The number of Topliss-reactive ketones (excluding diaryl/α,β-unsaturated/α-hetero) is 1. The molecule has 1 aromatic carbocycles. The molecule has 1 heterocycles. The summed E-state index contributed by atoms with van der Waals surface area (Å²) in [4.78, 5) is 13.6. The van der Waals surface area contributed by atoms with E-state index < -0.39 is 0 Å². The Balaban J connectivity index is 0.00000243. The lowest BCUT2D eigenvalue weighted by Gasteiger charge is -2.31. The molecule has 1 fully saturated rings. The Kier molecular flexibility index (Phi) is 7.87. The van der Waals surface area contributed by atoms with Crippen molar-refractivity contribution in [2.75, 3.05) is 0 Å². The molecule has 2 nitrogen and oxygen atoms in total. The highest BCUT2D eigenvalue weighted by molar-refractivity contribution is 7.12. The quantitative estimate of drug-likeness (QED) is 0.595. The van der Waals surface area contributed by atoms with E-state index in [1.54, 1.807) is 11.3 Å². The van der Waals surface area contributed by atoms with Crippen LogP contribution < -0.4 is 5.32 Å². The van der Waals surface area contributed by atoms with Gasteiger partial charge in [0.25, 0.3) is 0 Å². The van der Waals surface area contributed by atoms with Crippen molar-refractivity contribution in [1.29, 1.82) is 0 Å². The summed E-state index contributed by atoms with van der Waals surface area (Å²) in [6.45, 7) is 6.36. The number of hydrogen-bond donors (Lipinski definition) is 1. The van der Waals surface area contributed by atoms with E-state index >= 15 is 0 Å². The third-order valence-electron chi connectivity index (χ3n) is 5.35. The van der Waals surface area contributed by atoms with Crippen LogP contribution in [0.15, 0.2) is 41.8 Å². The zero-order chi connectivity index (χ0) is 17.8. The highest BCUT2D eigenvalue weighted by atomic mass is 35.5. The Morgan fingerprint density at radius 3 is 2.54 bits per heavy atom. The number of benzene rings is 1. The van der Waals surface area contributed by atoms with Crippen LogP contribution in [-0.4, -0.2) is 17.9 Å². The molecule has 1 aromatic heterocycles. The van der Waals surface area contributed by atoms with Crippen LogP contribution in [0, 0.1) is 0 Å².